The number of non-ortho nitro benzene ring substituents is 1. The maximum Gasteiger partial charge on any atom is 0.269 e. The number of rotatable bonds is 5. The molecule has 0 radical (unpaired) electrons. The van der Waals surface area contributed by atoms with Crippen LogP contribution in [0.3, 0.4) is 0 Å². The number of benzene rings is 2. The van der Waals surface area contributed by atoms with Gasteiger partial charge < -0.3 is 10.6 Å². The van der Waals surface area contributed by atoms with Crippen molar-refractivity contribution >= 4 is 28.7 Å². The predicted octanol–water partition coefficient (Wildman–Crippen LogP) is 4.34. The molecule has 0 aliphatic heterocycles. The van der Waals surface area contributed by atoms with Gasteiger partial charge in [0, 0.05) is 17.8 Å². The quantitative estimate of drug-likeness (QED) is 0.485. The highest BCUT2D eigenvalue weighted by Crippen LogP contribution is 2.18. The van der Waals surface area contributed by atoms with Crippen LogP contribution >= 0.6 is 12.2 Å². The van der Waals surface area contributed by atoms with Crippen molar-refractivity contribution in [3.8, 4) is 0 Å². The first kappa shape index (κ1) is 16.9. The van der Waals surface area contributed by atoms with E-state index >= 15 is 0 Å². The Kier molecular flexibility index (Phi) is 5.65. The second kappa shape index (κ2) is 7.69. The fourth-order valence-corrected chi connectivity index (χ4v) is 2.47. The third kappa shape index (κ3) is 4.75. The number of nitro benzene ring substituents is 1. The first-order valence-electron chi connectivity index (χ1n) is 7.38. The van der Waals surface area contributed by atoms with Gasteiger partial charge in [0.2, 0.25) is 0 Å². The normalized spacial score (nSPS) is 11.6. The number of nitrogens with zero attached hydrogens (tertiary/aromatic N) is 1. The third-order valence-corrected chi connectivity index (χ3v) is 3.75. The summed E-state index contributed by atoms with van der Waals surface area (Å²) in [5, 5.41) is 17.5. The molecule has 0 heterocycles. The molecule has 5 nitrogen and oxygen atoms in total. The number of anilines is 1. The molecule has 0 unspecified atom stereocenters. The molecule has 2 N–H and O–H groups in total. The summed E-state index contributed by atoms with van der Waals surface area (Å²) in [5.41, 5.74) is 3.16. The Morgan fingerprint density at radius 1 is 1.17 bits per heavy atom. The summed E-state index contributed by atoms with van der Waals surface area (Å²) in [7, 11) is 0. The highest BCUT2D eigenvalue weighted by Gasteiger charge is 2.11. The number of thiocarbonyl (C=S) groups is 1. The van der Waals surface area contributed by atoms with Crippen molar-refractivity contribution in [1.82, 2.24) is 5.32 Å². The Labute approximate surface area is 140 Å². The average molecular weight is 329 g/mol. The Morgan fingerprint density at radius 2 is 1.78 bits per heavy atom. The summed E-state index contributed by atoms with van der Waals surface area (Å²) in [4.78, 5) is 10.2. The van der Waals surface area contributed by atoms with E-state index in [1.165, 1.54) is 23.3 Å². The Balaban J connectivity index is 1.99. The molecule has 0 saturated carbocycles. The van der Waals surface area contributed by atoms with Gasteiger partial charge in [-0.05, 0) is 43.3 Å². The monoisotopic (exact) mass is 329 g/mol. The molecule has 120 valence electrons. The van der Waals surface area contributed by atoms with Crippen LogP contribution in [0.25, 0.3) is 0 Å². The zero-order valence-electron chi connectivity index (χ0n) is 13.1. The van der Waals surface area contributed by atoms with Crippen molar-refractivity contribution in [1.29, 1.82) is 0 Å². The number of hydrogen-bond donors (Lipinski definition) is 2. The van der Waals surface area contributed by atoms with Crippen LogP contribution in [0.4, 0.5) is 11.4 Å². The van der Waals surface area contributed by atoms with Gasteiger partial charge in [-0.15, -0.1) is 0 Å². The fourth-order valence-electron chi connectivity index (χ4n) is 2.21. The smallest absolute Gasteiger partial charge is 0.269 e. The number of nitro groups is 1. The molecule has 0 bridgehead atoms. The van der Waals surface area contributed by atoms with Gasteiger partial charge in [0.15, 0.2) is 5.11 Å². The van der Waals surface area contributed by atoms with Crippen molar-refractivity contribution in [2.24, 2.45) is 0 Å². The molecule has 0 saturated heterocycles. The molecule has 0 spiro atoms. The topological polar surface area (TPSA) is 67.2 Å². The van der Waals surface area contributed by atoms with Crippen LogP contribution in [0, 0.1) is 17.0 Å². The van der Waals surface area contributed by atoms with E-state index in [4.69, 9.17) is 12.2 Å². The van der Waals surface area contributed by atoms with E-state index in [1.807, 2.05) is 0 Å². The molecule has 1 atom stereocenters. The fraction of sp³-hybridized carbons (Fsp3) is 0.235. The van der Waals surface area contributed by atoms with Gasteiger partial charge in [0.05, 0.1) is 11.0 Å². The standard InChI is InChI=1S/C17H19N3O2S/c1-3-16(13-6-4-12(2)5-7-13)19-17(23)18-14-8-10-15(11-9-14)20(21)22/h4-11,16H,3H2,1-2H3,(H2,18,19,23)/t16-/m1/s1. The minimum Gasteiger partial charge on any atom is -0.356 e. The zero-order chi connectivity index (χ0) is 16.8. The van der Waals surface area contributed by atoms with Crippen molar-refractivity contribution < 1.29 is 4.92 Å². The molecule has 0 aliphatic carbocycles. The van der Waals surface area contributed by atoms with E-state index in [0.29, 0.717) is 10.8 Å². The van der Waals surface area contributed by atoms with E-state index in [0.717, 1.165) is 6.42 Å². The van der Waals surface area contributed by atoms with Gasteiger partial charge in [-0.1, -0.05) is 36.8 Å². The summed E-state index contributed by atoms with van der Waals surface area (Å²) in [6.07, 6.45) is 0.894. The van der Waals surface area contributed by atoms with Gasteiger partial charge >= 0.3 is 0 Å². The molecule has 6 heteroatoms. The molecule has 0 aliphatic rings. The Bertz CT molecular complexity index is 684. The molecule has 2 rings (SSSR count). The molecular weight excluding hydrogens is 310 g/mol. The molecule has 23 heavy (non-hydrogen) atoms. The summed E-state index contributed by atoms with van der Waals surface area (Å²) < 4.78 is 0. The molecule has 0 aromatic heterocycles. The maximum atomic E-state index is 10.6. The minimum absolute atomic E-state index is 0.0560. The highest BCUT2D eigenvalue weighted by atomic mass is 32.1. The van der Waals surface area contributed by atoms with E-state index in [-0.39, 0.29) is 11.7 Å². The second-order valence-corrected chi connectivity index (χ2v) is 5.68. The van der Waals surface area contributed by atoms with Crippen LogP contribution in [0.15, 0.2) is 48.5 Å². The van der Waals surface area contributed by atoms with Gasteiger partial charge in [0.1, 0.15) is 0 Å². The maximum absolute atomic E-state index is 10.6. The van der Waals surface area contributed by atoms with Crippen LogP contribution in [0.2, 0.25) is 0 Å². The summed E-state index contributed by atoms with van der Waals surface area (Å²) in [6, 6.07) is 14.6. The van der Waals surface area contributed by atoms with Crippen molar-refractivity contribution in [2.45, 2.75) is 26.3 Å². The van der Waals surface area contributed by atoms with E-state index in [9.17, 15) is 10.1 Å². The highest BCUT2D eigenvalue weighted by molar-refractivity contribution is 7.80. The number of hydrogen-bond acceptors (Lipinski definition) is 3. The summed E-state index contributed by atoms with van der Waals surface area (Å²) in [6.45, 7) is 4.14. The number of aryl methyl sites for hydroxylation is 1. The third-order valence-electron chi connectivity index (χ3n) is 3.53. The minimum atomic E-state index is -0.426. The number of nitrogens with one attached hydrogen (secondary N) is 2. The molecule has 0 fully saturated rings. The summed E-state index contributed by atoms with van der Waals surface area (Å²) >= 11 is 5.33. The van der Waals surface area contributed by atoms with Crippen LogP contribution in [-0.4, -0.2) is 10.0 Å². The van der Waals surface area contributed by atoms with Crippen LogP contribution in [-0.2, 0) is 0 Å². The second-order valence-electron chi connectivity index (χ2n) is 5.27. The van der Waals surface area contributed by atoms with Gasteiger partial charge in [-0.2, -0.15) is 0 Å². The van der Waals surface area contributed by atoms with E-state index in [2.05, 4.69) is 48.7 Å². The van der Waals surface area contributed by atoms with Gasteiger partial charge in [-0.25, -0.2) is 0 Å². The first-order valence-corrected chi connectivity index (χ1v) is 7.79. The molecular formula is C17H19N3O2S. The molecule has 0 amide bonds. The van der Waals surface area contributed by atoms with E-state index in [1.54, 1.807) is 12.1 Å². The summed E-state index contributed by atoms with van der Waals surface area (Å²) in [5.74, 6) is 0. The zero-order valence-corrected chi connectivity index (χ0v) is 13.9. The lowest BCUT2D eigenvalue weighted by molar-refractivity contribution is -0.384. The van der Waals surface area contributed by atoms with Gasteiger partial charge in [-0.3, -0.25) is 10.1 Å². The SMILES string of the molecule is CC[C@@H](NC(=S)Nc1ccc([N+](=O)[O-])cc1)c1ccc(C)cc1. The lowest BCUT2D eigenvalue weighted by Gasteiger charge is -2.20. The lowest BCUT2D eigenvalue weighted by atomic mass is 10.0. The van der Waals surface area contributed by atoms with Crippen molar-refractivity contribution in [3.05, 3.63) is 69.8 Å². The first-order chi connectivity index (χ1) is 11.0. The molecule has 2 aromatic rings. The van der Waals surface area contributed by atoms with Crippen molar-refractivity contribution in [3.63, 3.8) is 0 Å². The Morgan fingerprint density at radius 3 is 2.30 bits per heavy atom. The van der Waals surface area contributed by atoms with Gasteiger partial charge in [0.25, 0.3) is 5.69 Å². The predicted molar refractivity (Wildman–Crippen MR) is 96.7 cm³/mol. The Hall–Kier alpha value is -2.47. The lowest BCUT2D eigenvalue weighted by Crippen LogP contribution is -2.32. The molecule has 2 aromatic carbocycles. The van der Waals surface area contributed by atoms with Crippen LogP contribution < -0.4 is 10.6 Å². The van der Waals surface area contributed by atoms with Crippen molar-refractivity contribution in [2.75, 3.05) is 5.32 Å². The average Bonchev–Trinajstić information content (AvgIpc) is 2.54. The van der Waals surface area contributed by atoms with Crippen LogP contribution in [0.5, 0.6) is 0 Å². The van der Waals surface area contributed by atoms with E-state index < -0.39 is 4.92 Å². The van der Waals surface area contributed by atoms with Crippen LogP contribution in [0.1, 0.15) is 30.5 Å². The largest absolute Gasteiger partial charge is 0.356 e.